The molecule has 5 aromatic heterocycles. The van der Waals surface area contributed by atoms with Crippen molar-refractivity contribution in [2.45, 2.75) is 0 Å². The molecule has 0 atom stereocenters. The van der Waals surface area contributed by atoms with Crippen LogP contribution in [0.25, 0.3) is 55.8 Å². The van der Waals surface area contributed by atoms with Crippen LogP contribution in [0.5, 0.6) is 5.75 Å². The number of nitrogens with one attached hydrogen (secondary N) is 3. The van der Waals surface area contributed by atoms with Crippen molar-refractivity contribution in [1.82, 2.24) is 35.0 Å². The Balaban J connectivity index is 1.40. The first-order valence-corrected chi connectivity index (χ1v) is 12.5. The third kappa shape index (κ3) is 4.89. The average Bonchev–Trinajstić information content (AvgIpc) is 3.56. The topological polar surface area (TPSA) is 108 Å². The van der Waals surface area contributed by atoms with Gasteiger partial charge in [0, 0.05) is 42.1 Å². The summed E-state index contributed by atoms with van der Waals surface area (Å²) in [6.07, 6.45) is 5.12. The van der Waals surface area contributed by atoms with Crippen molar-refractivity contribution < 1.29 is 9.13 Å². The third-order valence-electron chi connectivity index (χ3n) is 6.54. The molecule has 0 aliphatic carbocycles. The van der Waals surface area contributed by atoms with Crippen molar-refractivity contribution in [3.05, 3.63) is 72.9 Å². The molecule has 9 nitrogen and oxygen atoms in total. The van der Waals surface area contributed by atoms with E-state index in [0.717, 1.165) is 51.2 Å². The fourth-order valence-corrected chi connectivity index (χ4v) is 4.60. The van der Waals surface area contributed by atoms with E-state index in [-0.39, 0.29) is 5.82 Å². The van der Waals surface area contributed by atoms with Crippen LogP contribution in [0.15, 0.2) is 67.1 Å². The fraction of sp³-hybridized carbons (Fsp3) is 0.172. The molecule has 0 unspecified atom stereocenters. The number of methoxy groups -OCH3 is 1. The van der Waals surface area contributed by atoms with Crippen molar-refractivity contribution in [2.75, 3.05) is 39.6 Å². The number of likely N-dealkylation sites (N-methyl/N-ethyl adjacent to an activating group) is 1. The normalized spacial score (nSPS) is 11.5. The number of aromatic amines is 2. The summed E-state index contributed by atoms with van der Waals surface area (Å²) >= 11 is 0. The van der Waals surface area contributed by atoms with E-state index in [1.807, 2.05) is 50.5 Å². The summed E-state index contributed by atoms with van der Waals surface area (Å²) in [5.41, 5.74) is 7.56. The van der Waals surface area contributed by atoms with Crippen LogP contribution in [0, 0.1) is 5.82 Å². The summed E-state index contributed by atoms with van der Waals surface area (Å²) < 4.78 is 19.9. The lowest BCUT2D eigenvalue weighted by molar-refractivity contribution is 0.413. The monoisotopic (exact) mass is 522 g/mol. The van der Waals surface area contributed by atoms with Gasteiger partial charge in [-0.2, -0.15) is 5.10 Å². The number of hydrogen-bond acceptors (Lipinski definition) is 7. The molecule has 5 heterocycles. The summed E-state index contributed by atoms with van der Waals surface area (Å²) in [5, 5.41) is 11.8. The second-order valence-corrected chi connectivity index (χ2v) is 9.54. The number of nitrogens with zero attached hydrogens (tertiary/aromatic N) is 5. The Morgan fingerprint density at radius 1 is 1.03 bits per heavy atom. The Morgan fingerprint density at radius 3 is 2.77 bits per heavy atom. The van der Waals surface area contributed by atoms with E-state index in [1.165, 1.54) is 6.07 Å². The first kappa shape index (κ1) is 24.5. The summed E-state index contributed by atoms with van der Waals surface area (Å²) in [7, 11) is 5.62. The average molecular weight is 523 g/mol. The number of rotatable bonds is 8. The van der Waals surface area contributed by atoms with Gasteiger partial charge in [0.15, 0.2) is 0 Å². The maximum Gasteiger partial charge on any atom is 0.138 e. The number of fused-ring (bicyclic) bond motifs is 2. The van der Waals surface area contributed by atoms with Crippen LogP contribution < -0.4 is 10.1 Å². The summed E-state index contributed by atoms with van der Waals surface area (Å²) in [5.74, 6) is 0.354. The molecule has 196 valence electrons. The number of ether oxygens (including phenoxy) is 1. The maximum absolute atomic E-state index is 14.6. The van der Waals surface area contributed by atoms with Crippen molar-refractivity contribution in [3.63, 3.8) is 0 Å². The van der Waals surface area contributed by atoms with Gasteiger partial charge in [0.05, 0.1) is 30.2 Å². The SMILES string of the molecule is COc1cncc(-c2ccc3[nH]nc(-c4cc5c(-c6cc(F)cc(NCCN(C)C)c6)ccnc5[nH]4)c3n2)c1. The number of anilines is 1. The van der Waals surface area contributed by atoms with Crippen LogP contribution in [0.4, 0.5) is 10.1 Å². The molecule has 6 rings (SSSR count). The van der Waals surface area contributed by atoms with Gasteiger partial charge >= 0.3 is 0 Å². The molecule has 0 bridgehead atoms. The van der Waals surface area contributed by atoms with Crippen molar-refractivity contribution in [1.29, 1.82) is 0 Å². The van der Waals surface area contributed by atoms with Crippen LogP contribution in [0.1, 0.15) is 0 Å². The van der Waals surface area contributed by atoms with Crippen molar-refractivity contribution in [2.24, 2.45) is 0 Å². The van der Waals surface area contributed by atoms with Gasteiger partial charge in [-0.1, -0.05) is 0 Å². The van der Waals surface area contributed by atoms with E-state index in [1.54, 1.807) is 31.8 Å². The van der Waals surface area contributed by atoms with Gasteiger partial charge in [-0.15, -0.1) is 0 Å². The molecule has 6 aromatic rings. The van der Waals surface area contributed by atoms with Crippen molar-refractivity contribution in [3.8, 4) is 39.5 Å². The minimum absolute atomic E-state index is 0.303. The standard InChI is InChI=1S/C29H27FN8O/c1-38(2)9-8-32-20-11-17(10-19(30)13-20)22-6-7-33-29-23(22)14-26(35-29)28-27-25(36-37-28)5-4-24(34-27)18-12-21(39-3)16-31-15-18/h4-7,10-16,32H,8-9H2,1-3H3,(H,33,35)(H,36,37). The van der Waals surface area contributed by atoms with E-state index < -0.39 is 0 Å². The number of H-pyrrole nitrogens is 2. The molecule has 0 saturated carbocycles. The number of hydrogen-bond donors (Lipinski definition) is 3. The van der Waals surface area contributed by atoms with Gasteiger partial charge in [-0.05, 0) is 73.8 Å². The second kappa shape index (κ2) is 10.1. The highest BCUT2D eigenvalue weighted by Crippen LogP contribution is 2.34. The predicted molar refractivity (Wildman–Crippen MR) is 151 cm³/mol. The van der Waals surface area contributed by atoms with E-state index in [4.69, 9.17) is 9.72 Å². The Labute approximate surface area is 224 Å². The molecule has 0 radical (unpaired) electrons. The fourth-order valence-electron chi connectivity index (χ4n) is 4.60. The van der Waals surface area contributed by atoms with Gasteiger partial charge < -0.3 is 19.9 Å². The second-order valence-electron chi connectivity index (χ2n) is 9.54. The summed E-state index contributed by atoms with van der Waals surface area (Å²) in [6, 6.07) is 14.6. The van der Waals surface area contributed by atoms with Crippen LogP contribution in [0.2, 0.25) is 0 Å². The van der Waals surface area contributed by atoms with Crippen LogP contribution >= 0.6 is 0 Å². The van der Waals surface area contributed by atoms with Crippen LogP contribution in [-0.4, -0.2) is 69.3 Å². The smallest absolute Gasteiger partial charge is 0.138 e. The number of aromatic nitrogens is 6. The zero-order chi connectivity index (χ0) is 26.9. The Hall–Kier alpha value is -4.83. The summed E-state index contributed by atoms with van der Waals surface area (Å²) in [4.78, 5) is 19.1. The highest BCUT2D eigenvalue weighted by molar-refractivity contribution is 5.99. The molecule has 1 aromatic carbocycles. The van der Waals surface area contributed by atoms with E-state index in [0.29, 0.717) is 29.2 Å². The van der Waals surface area contributed by atoms with Crippen LogP contribution in [-0.2, 0) is 0 Å². The first-order chi connectivity index (χ1) is 19.0. The van der Waals surface area contributed by atoms with Gasteiger partial charge in [-0.25, -0.2) is 14.4 Å². The van der Waals surface area contributed by atoms with E-state index in [2.05, 4.69) is 35.4 Å². The zero-order valence-corrected chi connectivity index (χ0v) is 21.8. The highest BCUT2D eigenvalue weighted by atomic mass is 19.1. The number of halogens is 1. The van der Waals surface area contributed by atoms with Crippen LogP contribution in [0.3, 0.4) is 0 Å². The van der Waals surface area contributed by atoms with Crippen molar-refractivity contribution >= 4 is 27.8 Å². The van der Waals surface area contributed by atoms with Gasteiger partial charge in [-0.3, -0.25) is 10.1 Å². The largest absolute Gasteiger partial charge is 0.495 e. The quantitative estimate of drug-likeness (QED) is 0.247. The minimum atomic E-state index is -0.303. The maximum atomic E-state index is 14.6. The molecule has 0 spiro atoms. The molecule has 0 aliphatic heterocycles. The van der Waals surface area contributed by atoms with Gasteiger partial charge in [0.25, 0.3) is 0 Å². The molecule has 0 fully saturated rings. The minimum Gasteiger partial charge on any atom is -0.495 e. The van der Waals surface area contributed by atoms with Gasteiger partial charge in [0.2, 0.25) is 0 Å². The molecular formula is C29H27FN8O. The van der Waals surface area contributed by atoms with E-state index >= 15 is 0 Å². The zero-order valence-electron chi connectivity index (χ0n) is 21.8. The Kier molecular flexibility index (Phi) is 6.37. The molecular weight excluding hydrogens is 495 g/mol. The number of benzene rings is 1. The first-order valence-electron chi connectivity index (χ1n) is 12.5. The third-order valence-corrected chi connectivity index (χ3v) is 6.54. The Bertz CT molecular complexity index is 1790. The molecule has 3 N–H and O–H groups in total. The molecule has 0 aliphatic rings. The molecule has 0 saturated heterocycles. The molecule has 10 heteroatoms. The summed E-state index contributed by atoms with van der Waals surface area (Å²) in [6.45, 7) is 1.55. The van der Waals surface area contributed by atoms with E-state index in [9.17, 15) is 4.39 Å². The molecule has 0 amide bonds. The van der Waals surface area contributed by atoms with Gasteiger partial charge in [0.1, 0.15) is 28.4 Å². The Morgan fingerprint density at radius 2 is 1.92 bits per heavy atom. The predicted octanol–water partition coefficient (Wildman–Crippen LogP) is 5.35. The number of pyridine rings is 3. The lowest BCUT2D eigenvalue weighted by Crippen LogP contribution is -2.20. The molecule has 39 heavy (non-hydrogen) atoms. The lowest BCUT2D eigenvalue weighted by atomic mass is 10.0. The highest BCUT2D eigenvalue weighted by Gasteiger charge is 2.17. The lowest BCUT2D eigenvalue weighted by Gasteiger charge is -2.13.